The molecule has 0 saturated heterocycles. The molecule has 0 amide bonds. The van der Waals surface area contributed by atoms with Crippen molar-refractivity contribution >= 4 is 15.9 Å². The van der Waals surface area contributed by atoms with E-state index in [1.54, 1.807) is 6.07 Å². The van der Waals surface area contributed by atoms with Gasteiger partial charge in [-0.25, -0.2) is 4.39 Å². The molecule has 0 bridgehead atoms. The summed E-state index contributed by atoms with van der Waals surface area (Å²) in [4.78, 5) is 0. The van der Waals surface area contributed by atoms with Gasteiger partial charge in [0.1, 0.15) is 11.6 Å². The molecule has 0 saturated carbocycles. The van der Waals surface area contributed by atoms with Gasteiger partial charge in [-0.15, -0.1) is 0 Å². The van der Waals surface area contributed by atoms with E-state index >= 15 is 0 Å². The predicted octanol–water partition coefficient (Wildman–Crippen LogP) is 3.55. The summed E-state index contributed by atoms with van der Waals surface area (Å²) in [6, 6.07) is 5.06. The summed E-state index contributed by atoms with van der Waals surface area (Å²) in [5.41, 5.74) is 0.757. The first-order valence-corrected chi connectivity index (χ1v) is 5.87. The van der Waals surface area contributed by atoms with Crippen molar-refractivity contribution < 1.29 is 9.13 Å². The zero-order valence-corrected chi connectivity index (χ0v) is 9.81. The highest BCUT2D eigenvalue weighted by Gasteiger charge is 2.03. The molecule has 1 aromatic rings. The Labute approximate surface area is 92.4 Å². The van der Waals surface area contributed by atoms with Gasteiger partial charge in [-0.1, -0.05) is 22.0 Å². The minimum Gasteiger partial charge on any atom is -0.494 e. The van der Waals surface area contributed by atoms with E-state index in [4.69, 9.17) is 4.74 Å². The fourth-order valence-electron chi connectivity index (χ4n) is 1.24. The fraction of sp³-hybridized carbons (Fsp3) is 0.455. The molecular formula is C11H14BrFO. The largest absolute Gasteiger partial charge is 0.494 e. The average molecular weight is 261 g/mol. The van der Waals surface area contributed by atoms with E-state index in [9.17, 15) is 4.39 Å². The second-order valence-corrected chi connectivity index (χ2v) is 3.77. The lowest BCUT2D eigenvalue weighted by Gasteiger charge is -2.06. The van der Waals surface area contributed by atoms with Crippen LogP contribution < -0.4 is 4.74 Å². The predicted molar refractivity (Wildman–Crippen MR) is 59.7 cm³/mol. The molecule has 0 aliphatic rings. The Morgan fingerprint density at radius 3 is 2.79 bits per heavy atom. The fourth-order valence-corrected chi connectivity index (χ4v) is 1.52. The van der Waals surface area contributed by atoms with E-state index in [1.807, 2.05) is 13.0 Å². The molecule has 0 aromatic heterocycles. The van der Waals surface area contributed by atoms with Gasteiger partial charge in [-0.3, -0.25) is 0 Å². The van der Waals surface area contributed by atoms with E-state index in [0.717, 1.165) is 23.7 Å². The Hall–Kier alpha value is -0.570. The molecule has 0 fully saturated rings. The highest BCUT2D eigenvalue weighted by atomic mass is 79.9. The zero-order chi connectivity index (χ0) is 10.4. The van der Waals surface area contributed by atoms with E-state index in [0.29, 0.717) is 12.4 Å². The first-order valence-electron chi connectivity index (χ1n) is 4.75. The molecule has 3 heteroatoms. The molecule has 0 unspecified atom stereocenters. The van der Waals surface area contributed by atoms with Crippen LogP contribution in [-0.2, 0) is 6.42 Å². The van der Waals surface area contributed by atoms with Gasteiger partial charge in [0.05, 0.1) is 6.61 Å². The SMILES string of the molecule is CCOc1ccc(CCCBr)c(F)c1. The topological polar surface area (TPSA) is 9.23 Å². The van der Waals surface area contributed by atoms with Crippen LogP contribution in [0.25, 0.3) is 0 Å². The van der Waals surface area contributed by atoms with E-state index in [1.165, 1.54) is 6.07 Å². The molecule has 78 valence electrons. The Bertz CT molecular complexity index is 289. The van der Waals surface area contributed by atoms with Gasteiger partial charge in [0.15, 0.2) is 0 Å². The number of rotatable bonds is 5. The first-order chi connectivity index (χ1) is 6.77. The maximum absolute atomic E-state index is 13.4. The van der Waals surface area contributed by atoms with Crippen LogP contribution >= 0.6 is 15.9 Å². The molecule has 0 aliphatic carbocycles. The highest BCUT2D eigenvalue weighted by Crippen LogP contribution is 2.18. The Balaban J connectivity index is 2.68. The molecule has 0 aliphatic heterocycles. The average Bonchev–Trinajstić information content (AvgIpc) is 2.17. The van der Waals surface area contributed by atoms with Crippen LogP contribution in [0.15, 0.2) is 18.2 Å². The Morgan fingerprint density at radius 1 is 1.43 bits per heavy atom. The second-order valence-electron chi connectivity index (χ2n) is 2.98. The van der Waals surface area contributed by atoms with Crippen molar-refractivity contribution in [1.29, 1.82) is 0 Å². The summed E-state index contributed by atoms with van der Waals surface area (Å²) in [5.74, 6) is 0.435. The van der Waals surface area contributed by atoms with Gasteiger partial charge in [0.2, 0.25) is 0 Å². The summed E-state index contributed by atoms with van der Waals surface area (Å²) >= 11 is 3.32. The number of benzene rings is 1. The van der Waals surface area contributed by atoms with Crippen LogP contribution in [0.3, 0.4) is 0 Å². The summed E-state index contributed by atoms with van der Waals surface area (Å²) < 4.78 is 18.6. The lowest BCUT2D eigenvalue weighted by atomic mass is 10.1. The van der Waals surface area contributed by atoms with Crippen molar-refractivity contribution in [2.75, 3.05) is 11.9 Å². The molecule has 0 radical (unpaired) electrons. The lowest BCUT2D eigenvalue weighted by Crippen LogP contribution is -1.95. The quantitative estimate of drug-likeness (QED) is 0.736. The molecule has 0 heterocycles. The third-order valence-electron chi connectivity index (χ3n) is 1.92. The summed E-state index contributed by atoms with van der Waals surface area (Å²) in [6.45, 7) is 2.46. The minimum absolute atomic E-state index is 0.170. The molecule has 1 nitrogen and oxygen atoms in total. The minimum atomic E-state index is -0.170. The molecule has 0 atom stereocenters. The van der Waals surface area contributed by atoms with Gasteiger partial charge < -0.3 is 4.74 Å². The van der Waals surface area contributed by atoms with Gasteiger partial charge in [0, 0.05) is 11.4 Å². The van der Waals surface area contributed by atoms with E-state index in [-0.39, 0.29) is 5.82 Å². The Morgan fingerprint density at radius 2 is 2.21 bits per heavy atom. The van der Waals surface area contributed by atoms with Gasteiger partial charge in [0.25, 0.3) is 0 Å². The number of alkyl halides is 1. The van der Waals surface area contributed by atoms with Crippen LogP contribution in [0.1, 0.15) is 18.9 Å². The molecular weight excluding hydrogens is 247 g/mol. The molecule has 1 rings (SSSR count). The lowest BCUT2D eigenvalue weighted by molar-refractivity contribution is 0.338. The van der Waals surface area contributed by atoms with Crippen molar-refractivity contribution in [3.8, 4) is 5.75 Å². The molecule has 0 N–H and O–H groups in total. The van der Waals surface area contributed by atoms with E-state index in [2.05, 4.69) is 15.9 Å². The molecule has 1 aromatic carbocycles. The monoisotopic (exact) mass is 260 g/mol. The third-order valence-corrected chi connectivity index (χ3v) is 2.48. The number of ether oxygens (including phenoxy) is 1. The van der Waals surface area contributed by atoms with Crippen molar-refractivity contribution in [2.24, 2.45) is 0 Å². The van der Waals surface area contributed by atoms with Crippen LogP contribution in [0.4, 0.5) is 4.39 Å². The van der Waals surface area contributed by atoms with E-state index < -0.39 is 0 Å². The van der Waals surface area contributed by atoms with Gasteiger partial charge in [-0.05, 0) is 31.4 Å². The van der Waals surface area contributed by atoms with Crippen molar-refractivity contribution in [1.82, 2.24) is 0 Å². The van der Waals surface area contributed by atoms with Crippen LogP contribution in [-0.4, -0.2) is 11.9 Å². The number of aryl methyl sites for hydroxylation is 1. The number of halogens is 2. The Kier molecular flexibility index (Phi) is 4.94. The standard InChI is InChI=1S/C11H14BrFO/c1-2-14-10-6-5-9(4-3-7-12)11(13)8-10/h5-6,8H,2-4,7H2,1H3. The zero-order valence-electron chi connectivity index (χ0n) is 8.22. The van der Waals surface area contributed by atoms with Crippen molar-refractivity contribution in [3.05, 3.63) is 29.6 Å². The molecule has 14 heavy (non-hydrogen) atoms. The summed E-state index contributed by atoms with van der Waals surface area (Å²) in [5, 5.41) is 0.902. The third kappa shape index (κ3) is 3.29. The number of hydrogen-bond donors (Lipinski definition) is 0. The van der Waals surface area contributed by atoms with Crippen molar-refractivity contribution in [2.45, 2.75) is 19.8 Å². The smallest absolute Gasteiger partial charge is 0.130 e. The maximum Gasteiger partial charge on any atom is 0.130 e. The van der Waals surface area contributed by atoms with Gasteiger partial charge in [-0.2, -0.15) is 0 Å². The normalized spacial score (nSPS) is 10.2. The van der Waals surface area contributed by atoms with Crippen LogP contribution in [0.2, 0.25) is 0 Å². The summed E-state index contributed by atoms with van der Waals surface area (Å²) in [6.07, 6.45) is 1.72. The van der Waals surface area contributed by atoms with Crippen LogP contribution in [0.5, 0.6) is 5.75 Å². The highest BCUT2D eigenvalue weighted by molar-refractivity contribution is 9.09. The van der Waals surface area contributed by atoms with Crippen molar-refractivity contribution in [3.63, 3.8) is 0 Å². The second kappa shape index (κ2) is 6.02. The molecule has 0 spiro atoms. The van der Waals surface area contributed by atoms with Gasteiger partial charge >= 0.3 is 0 Å². The number of hydrogen-bond acceptors (Lipinski definition) is 1. The van der Waals surface area contributed by atoms with Crippen LogP contribution in [0, 0.1) is 5.82 Å². The summed E-state index contributed by atoms with van der Waals surface area (Å²) in [7, 11) is 0. The maximum atomic E-state index is 13.4. The first kappa shape index (κ1) is 11.5.